The minimum absolute atomic E-state index is 0.126. The fourth-order valence-electron chi connectivity index (χ4n) is 1.29. The Morgan fingerprint density at radius 1 is 1.69 bits per heavy atom. The molecule has 16 heavy (non-hydrogen) atoms. The molecule has 0 saturated carbocycles. The van der Waals surface area contributed by atoms with Gasteiger partial charge in [0.25, 0.3) is 11.5 Å². The molecule has 2 heterocycles. The van der Waals surface area contributed by atoms with Gasteiger partial charge >= 0.3 is 5.82 Å². The first kappa shape index (κ1) is 10.8. The zero-order valence-corrected chi connectivity index (χ0v) is 9.84. The molecule has 0 N–H and O–H groups in total. The molecule has 2 rings (SSSR count). The number of imidazole rings is 1. The van der Waals surface area contributed by atoms with Crippen molar-refractivity contribution in [1.29, 1.82) is 0 Å². The molecule has 0 aliphatic carbocycles. The van der Waals surface area contributed by atoms with Gasteiger partial charge in [-0.05, 0) is 27.8 Å². The molecule has 0 spiro atoms. The van der Waals surface area contributed by atoms with E-state index in [-0.39, 0.29) is 11.7 Å². The molecule has 2 aromatic heterocycles. The second kappa shape index (κ2) is 4.05. The smallest absolute Gasteiger partial charge is 0.348 e. The first-order valence-corrected chi connectivity index (χ1v) is 5.23. The second-order valence-electron chi connectivity index (χ2n) is 2.87. The van der Waals surface area contributed by atoms with Crippen LogP contribution in [0.5, 0.6) is 5.88 Å². The van der Waals surface area contributed by atoms with Gasteiger partial charge in [0.05, 0.1) is 6.61 Å². The standard InChI is InChI=1S/C8H7BrN4O3/c1-2-16-8-7-10-3-6(13(14)15)12(7)4-5(9)11-8/h3-4H,2H2,1H3. The van der Waals surface area contributed by atoms with Crippen LogP contribution in [0.4, 0.5) is 5.82 Å². The maximum atomic E-state index is 10.7. The molecular formula is C8H7BrN4O3. The Labute approximate surface area is 98.4 Å². The normalized spacial score (nSPS) is 10.6. The first-order chi connectivity index (χ1) is 7.63. The molecule has 0 bridgehead atoms. The summed E-state index contributed by atoms with van der Waals surface area (Å²) in [5.74, 6) is 0.143. The molecular weight excluding hydrogens is 280 g/mol. The Kier molecular flexibility index (Phi) is 2.73. The van der Waals surface area contributed by atoms with Crippen molar-refractivity contribution in [3.05, 3.63) is 27.1 Å². The van der Waals surface area contributed by atoms with Crippen molar-refractivity contribution in [2.45, 2.75) is 6.92 Å². The Bertz CT molecular complexity index is 553. The quantitative estimate of drug-likeness (QED) is 0.635. The first-order valence-electron chi connectivity index (χ1n) is 4.44. The van der Waals surface area contributed by atoms with Crippen LogP contribution in [0.25, 0.3) is 5.65 Å². The lowest BCUT2D eigenvalue weighted by atomic mass is 10.6. The molecule has 0 fully saturated rings. The second-order valence-corrected chi connectivity index (χ2v) is 3.68. The van der Waals surface area contributed by atoms with E-state index in [0.29, 0.717) is 16.9 Å². The van der Waals surface area contributed by atoms with Crippen LogP contribution in [0.15, 0.2) is 17.0 Å². The summed E-state index contributed by atoms with van der Waals surface area (Å²) < 4.78 is 7.02. The summed E-state index contributed by atoms with van der Waals surface area (Å²) in [5, 5.41) is 10.7. The summed E-state index contributed by atoms with van der Waals surface area (Å²) in [5.41, 5.74) is 0.330. The zero-order chi connectivity index (χ0) is 11.7. The van der Waals surface area contributed by atoms with Crippen LogP contribution in [-0.4, -0.2) is 25.9 Å². The highest BCUT2D eigenvalue weighted by atomic mass is 79.9. The molecule has 0 amide bonds. The van der Waals surface area contributed by atoms with Crippen molar-refractivity contribution < 1.29 is 9.66 Å². The lowest BCUT2D eigenvalue weighted by Crippen LogP contribution is -2.00. The fourth-order valence-corrected chi connectivity index (χ4v) is 1.65. The molecule has 0 unspecified atom stereocenters. The summed E-state index contributed by atoms with van der Waals surface area (Å²) in [7, 11) is 0. The summed E-state index contributed by atoms with van der Waals surface area (Å²) in [6.07, 6.45) is 2.65. The van der Waals surface area contributed by atoms with Gasteiger partial charge in [0.2, 0.25) is 0 Å². The number of fused-ring (bicyclic) bond motifs is 1. The minimum Gasteiger partial charge on any atom is -0.474 e. The van der Waals surface area contributed by atoms with Gasteiger partial charge in [0, 0.05) is 0 Å². The highest BCUT2D eigenvalue weighted by Crippen LogP contribution is 2.24. The Hall–Kier alpha value is -1.70. The van der Waals surface area contributed by atoms with Crippen molar-refractivity contribution in [2.24, 2.45) is 0 Å². The topological polar surface area (TPSA) is 82.6 Å². The number of ether oxygens (including phenoxy) is 1. The lowest BCUT2D eigenvalue weighted by Gasteiger charge is -2.01. The van der Waals surface area contributed by atoms with Gasteiger partial charge in [-0.3, -0.25) is 0 Å². The van der Waals surface area contributed by atoms with E-state index in [1.54, 1.807) is 6.92 Å². The number of nitro groups is 1. The molecule has 0 aliphatic heterocycles. The maximum absolute atomic E-state index is 10.7. The Morgan fingerprint density at radius 3 is 3.06 bits per heavy atom. The number of halogens is 1. The minimum atomic E-state index is -0.512. The predicted molar refractivity (Wildman–Crippen MR) is 58.5 cm³/mol. The van der Waals surface area contributed by atoms with Crippen molar-refractivity contribution in [3.63, 3.8) is 0 Å². The average molecular weight is 287 g/mol. The third kappa shape index (κ3) is 1.71. The molecule has 2 aromatic rings. The van der Waals surface area contributed by atoms with Gasteiger partial charge in [-0.1, -0.05) is 0 Å². The number of hydrogen-bond donors (Lipinski definition) is 0. The van der Waals surface area contributed by atoms with Crippen LogP contribution in [0.1, 0.15) is 6.92 Å². The van der Waals surface area contributed by atoms with Crippen molar-refractivity contribution in [2.75, 3.05) is 6.61 Å². The molecule has 0 atom stereocenters. The summed E-state index contributed by atoms with van der Waals surface area (Å²) in [6.45, 7) is 2.22. The summed E-state index contributed by atoms with van der Waals surface area (Å²) in [4.78, 5) is 18.2. The number of hydrogen-bond acceptors (Lipinski definition) is 5. The number of rotatable bonds is 3. The van der Waals surface area contributed by atoms with E-state index in [1.807, 2.05) is 0 Å². The molecule has 0 aromatic carbocycles. The van der Waals surface area contributed by atoms with Gasteiger partial charge in [-0.25, -0.2) is 4.98 Å². The van der Waals surface area contributed by atoms with Gasteiger partial charge in [0.1, 0.15) is 17.0 Å². The lowest BCUT2D eigenvalue weighted by molar-refractivity contribution is -0.390. The maximum Gasteiger partial charge on any atom is 0.348 e. The third-order valence-corrected chi connectivity index (χ3v) is 2.26. The van der Waals surface area contributed by atoms with E-state index >= 15 is 0 Å². The van der Waals surface area contributed by atoms with Crippen LogP contribution >= 0.6 is 15.9 Å². The monoisotopic (exact) mass is 286 g/mol. The average Bonchev–Trinajstić information content (AvgIpc) is 2.61. The van der Waals surface area contributed by atoms with Gasteiger partial charge in [-0.15, -0.1) is 0 Å². The van der Waals surface area contributed by atoms with E-state index < -0.39 is 4.92 Å². The summed E-state index contributed by atoms with van der Waals surface area (Å²) >= 11 is 3.16. The third-order valence-electron chi connectivity index (χ3n) is 1.88. The van der Waals surface area contributed by atoms with Crippen LogP contribution < -0.4 is 4.74 Å². The fraction of sp³-hybridized carbons (Fsp3) is 0.250. The van der Waals surface area contributed by atoms with Crippen LogP contribution in [0.2, 0.25) is 0 Å². The van der Waals surface area contributed by atoms with Crippen LogP contribution in [-0.2, 0) is 0 Å². The van der Waals surface area contributed by atoms with E-state index in [4.69, 9.17) is 4.74 Å². The Morgan fingerprint density at radius 2 is 2.44 bits per heavy atom. The number of nitrogens with zero attached hydrogens (tertiary/aromatic N) is 4. The molecule has 0 radical (unpaired) electrons. The number of aromatic nitrogens is 3. The van der Waals surface area contributed by atoms with Gasteiger partial charge < -0.3 is 14.9 Å². The molecule has 8 heteroatoms. The zero-order valence-electron chi connectivity index (χ0n) is 8.25. The highest BCUT2D eigenvalue weighted by molar-refractivity contribution is 9.10. The SMILES string of the molecule is CCOc1nc(Br)cn2c([N+](=O)[O-])cnc12. The van der Waals surface area contributed by atoms with E-state index in [1.165, 1.54) is 16.8 Å². The van der Waals surface area contributed by atoms with E-state index in [0.717, 1.165) is 0 Å². The predicted octanol–water partition coefficient (Wildman–Crippen LogP) is 1.80. The van der Waals surface area contributed by atoms with Crippen LogP contribution in [0, 0.1) is 10.1 Å². The largest absolute Gasteiger partial charge is 0.474 e. The highest BCUT2D eigenvalue weighted by Gasteiger charge is 2.19. The van der Waals surface area contributed by atoms with E-state index in [9.17, 15) is 10.1 Å². The van der Waals surface area contributed by atoms with Crippen molar-refractivity contribution in [1.82, 2.24) is 14.4 Å². The molecule has 7 nitrogen and oxygen atoms in total. The van der Waals surface area contributed by atoms with E-state index in [2.05, 4.69) is 25.9 Å². The van der Waals surface area contributed by atoms with Crippen molar-refractivity contribution in [3.8, 4) is 5.88 Å². The molecule has 0 aliphatic rings. The molecule has 0 saturated heterocycles. The summed E-state index contributed by atoms with van der Waals surface area (Å²) in [6, 6.07) is 0. The van der Waals surface area contributed by atoms with Crippen LogP contribution in [0.3, 0.4) is 0 Å². The van der Waals surface area contributed by atoms with Gasteiger partial charge in [-0.2, -0.15) is 9.38 Å². The molecule has 84 valence electrons. The van der Waals surface area contributed by atoms with Crippen molar-refractivity contribution >= 4 is 27.4 Å². The Balaban J connectivity index is 2.70. The van der Waals surface area contributed by atoms with Gasteiger partial charge in [0.15, 0.2) is 0 Å².